The summed E-state index contributed by atoms with van der Waals surface area (Å²) in [4.78, 5) is 12.4. The van der Waals surface area contributed by atoms with E-state index < -0.39 is 6.03 Å². The van der Waals surface area contributed by atoms with Gasteiger partial charge in [-0.2, -0.15) is 0 Å². The fraction of sp³-hybridized carbons (Fsp3) is 0.0833. The first-order valence-corrected chi connectivity index (χ1v) is 6.18. The number of fused-ring (bicyclic) bond motifs is 1. The summed E-state index contributed by atoms with van der Waals surface area (Å²) in [6.45, 7) is 2.04. The lowest BCUT2D eigenvalue weighted by molar-refractivity contribution is -0.620. The Kier molecular flexibility index (Phi) is 2.64. The summed E-state index contributed by atoms with van der Waals surface area (Å²) in [6, 6.07) is 11.2. The number of carbonyl (C=O) groups excluding carboxylic acids is 1. The van der Waals surface area contributed by atoms with Crippen molar-refractivity contribution in [1.82, 2.24) is 5.10 Å². The fourth-order valence-electron chi connectivity index (χ4n) is 1.53. The lowest BCUT2D eigenvalue weighted by Crippen LogP contribution is -2.41. The van der Waals surface area contributed by atoms with Gasteiger partial charge in [0, 0.05) is 11.0 Å². The van der Waals surface area contributed by atoms with Crippen molar-refractivity contribution in [1.29, 1.82) is 0 Å². The average molecular weight is 257 g/mol. The zero-order chi connectivity index (χ0) is 12.5. The standard InChI is InChI=1S/C12H9N4OS/c1-8-2-4-9(5-3-8)18-11-7-6-10-13-14-12(17)16(10)15-11/h2-7H,1H3/q+1. The van der Waals surface area contributed by atoms with Crippen molar-refractivity contribution >= 4 is 23.6 Å². The number of benzene rings is 1. The van der Waals surface area contributed by atoms with Crippen molar-refractivity contribution in [2.75, 3.05) is 0 Å². The summed E-state index contributed by atoms with van der Waals surface area (Å²) in [6.07, 6.45) is 0. The molecule has 0 atom stereocenters. The van der Waals surface area contributed by atoms with Crippen LogP contribution in [0, 0.1) is 6.92 Å². The van der Waals surface area contributed by atoms with Crippen LogP contribution in [0.5, 0.6) is 0 Å². The summed E-state index contributed by atoms with van der Waals surface area (Å²) < 4.78 is 1.20. The number of hydrogen-bond donors (Lipinski definition) is 0. The molecule has 0 N–H and O–H groups in total. The highest BCUT2D eigenvalue weighted by molar-refractivity contribution is 7.99. The van der Waals surface area contributed by atoms with E-state index in [0.29, 0.717) is 5.82 Å². The molecule has 18 heavy (non-hydrogen) atoms. The Balaban J connectivity index is 1.88. The Morgan fingerprint density at radius 2 is 1.83 bits per heavy atom. The number of rotatable bonds is 2. The van der Waals surface area contributed by atoms with E-state index in [1.165, 1.54) is 22.0 Å². The highest BCUT2D eigenvalue weighted by Gasteiger charge is 2.29. The van der Waals surface area contributed by atoms with Crippen molar-refractivity contribution in [2.45, 2.75) is 16.8 Å². The zero-order valence-corrected chi connectivity index (χ0v) is 10.4. The lowest BCUT2D eigenvalue weighted by Gasteiger charge is -2.00. The van der Waals surface area contributed by atoms with Crippen LogP contribution in [-0.2, 0) is 0 Å². The van der Waals surface area contributed by atoms with Crippen LogP contribution in [0.25, 0.3) is 0 Å². The van der Waals surface area contributed by atoms with Gasteiger partial charge >= 0.3 is 11.8 Å². The van der Waals surface area contributed by atoms with Crippen LogP contribution in [0.15, 0.2) is 56.5 Å². The van der Waals surface area contributed by atoms with Crippen LogP contribution < -0.4 is 4.68 Å². The summed E-state index contributed by atoms with van der Waals surface area (Å²) in [5.74, 6) is 0.466. The van der Waals surface area contributed by atoms with Gasteiger partial charge in [-0.15, -0.1) is 0 Å². The number of aromatic nitrogens is 2. The van der Waals surface area contributed by atoms with Crippen LogP contribution in [0.1, 0.15) is 5.56 Å². The van der Waals surface area contributed by atoms with Crippen LogP contribution in [-0.4, -0.2) is 11.1 Å². The first kappa shape index (κ1) is 11.0. The van der Waals surface area contributed by atoms with Gasteiger partial charge in [-0.05, 0) is 25.1 Å². The fourth-order valence-corrected chi connectivity index (χ4v) is 2.31. The second kappa shape index (κ2) is 4.30. The topological polar surface area (TPSA) is 58.6 Å². The predicted octanol–water partition coefficient (Wildman–Crippen LogP) is 2.89. The highest BCUT2D eigenvalue weighted by Crippen LogP contribution is 2.26. The third-order valence-electron chi connectivity index (χ3n) is 2.45. The molecule has 0 bridgehead atoms. The molecule has 1 aromatic carbocycles. The predicted molar refractivity (Wildman–Crippen MR) is 65.0 cm³/mol. The molecular formula is C12H9N4OS+. The first-order chi connectivity index (χ1) is 8.72. The lowest BCUT2D eigenvalue weighted by atomic mass is 10.2. The van der Waals surface area contributed by atoms with E-state index >= 15 is 0 Å². The number of amides is 1. The van der Waals surface area contributed by atoms with E-state index in [4.69, 9.17) is 0 Å². The third kappa shape index (κ3) is 2.02. The summed E-state index contributed by atoms with van der Waals surface area (Å²) >= 11 is 1.50. The number of aryl methyl sites for hydroxylation is 1. The molecule has 0 radical (unpaired) electrons. The molecule has 2 aromatic rings. The van der Waals surface area contributed by atoms with E-state index in [-0.39, 0.29) is 0 Å². The molecule has 2 heterocycles. The molecule has 0 saturated heterocycles. The van der Waals surface area contributed by atoms with Gasteiger partial charge < -0.3 is 0 Å². The van der Waals surface area contributed by atoms with Gasteiger partial charge in [0.2, 0.25) is 0 Å². The molecule has 0 unspecified atom stereocenters. The van der Waals surface area contributed by atoms with E-state index in [9.17, 15) is 4.79 Å². The Labute approximate surface area is 108 Å². The minimum Gasteiger partial charge on any atom is -0.203 e. The van der Waals surface area contributed by atoms with Gasteiger partial charge in [0.1, 0.15) is 10.1 Å². The summed E-state index contributed by atoms with van der Waals surface area (Å²) in [7, 11) is 0. The van der Waals surface area contributed by atoms with Gasteiger partial charge in [0.05, 0.1) is 5.11 Å². The van der Waals surface area contributed by atoms with Gasteiger partial charge in [0.25, 0.3) is 0 Å². The van der Waals surface area contributed by atoms with E-state index in [0.717, 1.165) is 9.92 Å². The van der Waals surface area contributed by atoms with Gasteiger partial charge in [-0.3, -0.25) is 0 Å². The molecule has 1 aliphatic heterocycles. The maximum atomic E-state index is 11.3. The molecule has 3 rings (SSSR count). The quantitative estimate of drug-likeness (QED) is 0.777. The minimum absolute atomic E-state index is 0.448. The smallest absolute Gasteiger partial charge is 0.203 e. The van der Waals surface area contributed by atoms with Crippen LogP contribution in [0.4, 0.5) is 10.6 Å². The average Bonchev–Trinajstić information content (AvgIpc) is 2.74. The van der Waals surface area contributed by atoms with Gasteiger partial charge in [0.15, 0.2) is 0 Å². The van der Waals surface area contributed by atoms with Crippen molar-refractivity contribution in [3.63, 3.8) is 0 Å². The van der Waals surface area contributed by atoms with E-state index in [1.807, 2.05) is 37.3 Å². The number of hydrogen-bond acceptors (Lipinski definition) is 4. The largest absolute Gasteiger partial charge is 0.537 e. The maximum Gasteiger partial charge on any atom is 0.537 e. The van der Waals surface area contributed by atoms with Crippen molar-refractivity contribution < 1.29 is 9.48 Å². The molecule has 5 nitrogen and oxygen atoms in total. The Morgan fingerprint density at radius 3 is 2.61 bits per heavy atom. The van der Waals surface area contributed by atoms with Crippen LogP contribution in [0.2, 0.25) is 0 Å². The molecule has 0 fully saturated rings. The molecule has 1 aromatic heterocycles. The Bertz CT molecular complexity index is 652. The molecule has 6 heteroatoms. The van der Waals surface area contributed by atoms with Crippen molar-refractivity contribution in [3.05, 3.63) is 42.0 Å². The summed E-state index contributed by atoms with van der Waals surface area (Å²) in [5, 5.41) is 12.1. The molecule has 88 valence electrons. The maximum absolute atomic E-state index is 11.3. The Hall–Kier alpha value is -2.08. The molecule has 0 spiro atoms. The summed E-state index contributed by atoms with van der Waals surface area (Å²) in [5.41, 5.74) is 1.21. The first-order valence-electron chi connectivity index (χ1n) is 5.36. The molecule has 0 saturated carbocycles. The van der Waals surface area contributed by atoms with Crippen molar-refractivity contribution in [2.24, 2.45) is 10.2 Å². The van der Waals surface area contributed by atoms with Crippen LogP contribution >= 0.6 is 11.8 Å². The monoisotopic (exact) mass is 257 g/mol. The van der Waals surface area contributed by atoms with Gasteiger partial charge in [-0.25, -0.2) is 4.79 Å². The Morgan fingerprint density at radius 1 is 1.06 bits per heavy atom. The second-order valence-corrected chi connectivity index (χ2v) is 4.93. The third-order valence-corrected chi connectivity index (χ3v) is 3.39. The van der Waals surface area contributed by atoms with E-state index in [1.54, 1.807) is 6.07 Å². The zero-order valence-electron chi connectivity index (χ0n) is 9.57. The number of nitrogens with zero attached hydrogens (tertiary/aromatic N) is 4. The van der Waals surface area contributed by atoms with Crippen LogP contribution in [0.3, 0.4) is 0 Å². The second-order valence-electron chi connectivity index (χ2n) is 3.84. The SMILES string of the molecule is Cc1ccc(Sc2ccc3[n+](n2)C(=O)N=N3)cc1. The molecule has 0 aliphatic carbocycles. The minimum atomic E-state index is -0.448. The number of azo groups is 1. The highest BCUT2D eigenvalue weighted by atomic mass is 32.2. The molecule has 1 aliphatic rings. The molecule has 1 amide bonds. The van der Waals surface area contributed by atoms with Crippen molar-refractivity contribution in [3.8, 4) is 0 Å². The number of carbonyl (C=O) groups is 1. The van der Waals surface area contributed by atoms with E-state index in [2.05, 4.69) is 15.3 Å². The normalized spacial score (nSPS) is 12.8. The van der Waals surface area contributed by atoms with Gasteiger partial charge in [-0.1, -0.05) is 39.2 Å². The molecular weight excluding hydrogens is 248 g/mol.